The fourth-order valence-electron chi connectivity index (χ4n) is 3.24. The maximum atomic E-state index is 12.9. The summed E-state index contributed by atoms with van der Waals surface area (Å²) in [6, 6.07) is 5.95. The Labute approximate surface area is 191 Å². The first-order valence-electron chi connectivity index (χ1n) is 9.73. The van der Waals surface area contributed by atoms with Crippen LogP contribution < -0.4 is 15.0 Å². The molecule has 0 aliphatic carbocycles. The van der Waals surface area contributed by atoms with Crippen molar-refractivity contribution >= 4 is 38.3 Å². The van der Waals surface area contributed by atoms with Gasteiger partial charge in [-0.15, -0.1) is 24.5 Å². The summed E-state index contributed by atoms with van der Waals surface area (Å²) in [5.74, 6) is 0.577. The summed E-state index contributed by atoms with van der Waals surface area (Å²) >= 11 is 1.44. The van der Waals surface area contributed by atoms with Gasteiger partial charge in [0.25, 0.3) is 0 Å². The van der Waals surface area contributed by atoms with E-state index in [1.54, 1.807) is 12.3 Å². The minimum Gasteiger partial charge on any atom is -0.406 e. The van der Waals surface area contributed by atoms with Crippen LogP contribution in [0.15, 0.2) is 46.8 Å². The largest absolute Gasteiger partial charge is 0.573 e. The molecule has 1 aromatic carbocycles. The summed E-state index contributed by atoms with van der Waals surface area (Å²) in [4.78, 5) is 14.9. The summed E-state index contributed by atoms with van der Waals surface area (Å²) in [5, 5.41) is 5.66. The van der Waals surface area contributed by atoms with Gasteiger partial charge in [0.2, 0.25) is 16.0 Å². The van der Waals surface area contributed by atoms with Crippen molar-refractivity contribution in [1.82, 2.24) is 19.3 Å². The number of thiazole rings is 1. The number of anilines is 3. The molecule has 0 atom stereocenters. The molecule has 3 aromatic rings. The van der Waals surface area contributed by atoms with E-state index in [-0.39, 0.29) is 18.0 Å². The van der Waals surface area contributed by atoms with E-state index in [0.717, 1.165) is 30.0 Å². The topological polar surface area (TPSA) is 101 Å². The summed E-state index contributed by atoms with van der Waals surface area (Å²) in [6.45, 7) is 2.90. The molecule has 4 rings (SSSR count). The average Bonchev–Trinajstić information content (AvgIpc) is 3.26. The molecular weight excluding hydrogens is 481 g/mol. The lowest BCUT2D eigenvalue weighted by atomic mass is 10.3. The minimum absolute atomic E-state index is 0.104. The molecule has 0 radical (unpaired) electrons. The number of rotatable bonds is 6. The molecule has 1 N–H and O–H groups in total. The predicted octanol–water partition coefficient (Wildman–Crippen LogP) is 3.39. The van der Waals surface area contributed by atoms with Crippen LogP contribution in [-0.2, 0) is 10.0 Å². The van der Waals surface area contributed by atoms with E-state index in [0.29, 0.717) is 30.0 Å². The SMILES string of the molecule is Cc1cc(Nc2nccs2)nc(N2CCN(S(=O)(=O)c3ccc(OC(F)(F)F)cc3)CC2)n1. The number of nitrogens with zero attached hydrogens (tertiary/aromatic N) is 5. The molecule has 9 nitrogen and oxygen atoms in total. The Morgan fingerprint density at radius 1 is 1.09 bits per heavy atom. The van der Waals surface area contributed by atoms with E-state index in [9.17, 15) is 21.6 Å². The lowest BCUT2D eigenvalue weighted by Gasteiger charge is -2.34. The molecule has 14 heteroatoms. The second-order valence-electron chi connectivity index (χ2n) is 7.07. The zero-order valence-electron chi connectivity index (χ0n) is 17.3. The summed E-state index contributed by atoms with van der Waals surface area (Å²) < 4.78 is 67.9. The molecule has 0 amide bonds. The van der Waals surface area contributed by atoms with Crippen molar-refractivity contribution in [3.8, 4) is 5.75 Å². The lowest BCUT2D eigenvalue weighted by Crippen LogP contribution is -2.49. The third kappa shape index (κ3) is 5.69. The zero-order valence-corrected chi connectivity index (χ0v) is 18.9. The van der Waals surface area contributed by atoms with Crippen molar-refractivity contribution in [2.45, 2.75) is 18.2 Å². The van der Waals surface area contributed by atoms with E-state index in [1.807, 2.05) is 17.2 Å². The van der Waals surface area contributed by atoms with Crippen LogP contribution in [0.1, 0.15) is 5.69 Å². The van der Waals surface area contributed by atoms with Gasteiger partial charge in [0.1, 0.15) is 11.6 Å². The second kappa shape index (κ2) is 9.11. The van der Waals surface area contributed by atoms with Gasteiger partial charge in [0.15, 0.2) is 5.13 Å². The van der Waals surface area contributed by atoms with Crippen molar-refractivity contribution in [3.63, 3.8) is 0 Å². The van der Waals surface area contributed by atoms with Gasteiger partial charge in [-0.2, -0.15) is 9.29 Å². The van der Waals surface area contributed by atoms with Crippen molar-refractivity contribution in [2.75, 3.05) is 36.4 Å². The molecular formula is C19H19F3N6O3S2. The zero-order chi connectivity index (χ0) is 23.6. The van der Waals surface area contributed by atoms with E-state index in [4.69, 9.17) is 0 Å². The Balaban J connectivity index is 1.42. The Hall–Kier alpha value is -2.97. The number of halogens is 3. The van der Waals surface area contributed by atoms with Crippen LogP contribution in [0.4, 0.5) is 30.1 Å². The number of aryl methyl sites for hydroxylation is 1. The van der Waals surface area contributed by atoms with Crippen molar-refractivity contribution in [3.05, 3.63) is 47.6 Å². The molecule has 0 bridgehead atoms. The molecule has 1 aliphatic rings. The third-order valence-electron chi connectivity index (χ3n) is 4.73. The number of hydrogen-bond acceptors (Lipinski definition) is 9. The maximum absolute atomic E-state index is 12.9. The van der Waals surface area contributed by atoms with Crippen LogP contribution in [0.3, 0.4) is 0 Å². The molecule has 176 valence electrons. The van der Waals surface area contributed by atoms with E-state index >= 15 is 0 Å². The predicted molar refractivity (Wildman–Crippen MR) is 116 cm³/mol. The van der Waals surface area contributed by atoms with E-state index in [2.05, 4.69) is 25.0 Å². The summed E-state index contributed by atoms with van der Waals surface area (Å²) in [7, 11) is -3.87. The summed E-state index contributed by atoms with van der Waals surface area (Å²) in [6.07, 6.45) is -3.16. The minimum atomic E-state index is -4.84. The monoisotopic (exact) mass is 500 g/mol. The van der Waals surface area contributed by atoms with Crippen LogP contribution >= 0.6 is 11.3 Å². The molecule has 1 aliphatic heterocycles. The lowest BCUT2D eigenvalue weighted by molar-refractivity contribution is -0.274. The van der Waals surface area contributed by atoms with Gasteiger partial charge >= 0.3 is 6.36 Å². The maximum Gasteiger partial charge on any atom is 0.573 e. The van der Waals surface area contributed by atoms with E-state index in [1.165, 1.54) is 15.6 Å². The van der Waals surface area contributed by atoms with E-state index < -0.39 is 22.1 Å². The first kappa shape index (κ1) is 23.2. The third-order valence-corrected chi connectivity index (χ3v) is 7.33. The van der Waals surface area contributed by atoms with Gasteiger partial charge in [-0.3, -0.25) is 0 Å². The molecule has 0 saturated carbocycles. The number of ether oxygens (including phenoxy) is 1. The van der Waals surface area contributed by atoms with Crippen molar-refractivity contribution in [2.24, 2.45) is 0 Å². The van der Waals surface area contributed by atoms with Crippen molar-refractivity contribution < 1.29 is 26.3 Å². The number of alkyl halides is 3. The van der Waals surface area contributed by atoms with Gasteiger partial charge in [-0.05, 0) is 31.2 Å². The fourth-order valence-corrected chi connectivity index (χ4v) is 5.20. The highest BCUT2D eigenvalue weighted by Gasteiger charge is 2.32. The van der Waals surface area contributed by atoms with Gasteiger partial charge < -0.3 is 15.0 Å². The number of sulfonamides is 1. The smallest absolute Gasteiger partial charge is 0.406 e. The van der Waals surface area contributed by atoms with Crippen LogP contribution in [0.2, 0.25) is 0 Å². The number of piperazine rings is 1. The van der Waals surface area contributed by atoms with Crippen LogP contribution in [0, 0.1) is 6.92 Å². The highest BCUT2D eigenvalue weighted by molar-refractivity contribution is 7.89. The van der Waals surface area contributed by atoms with Crippen LogP contribution in [0.25, 0.3) is 0 Å². The van der Waals surface area contributed by atoms with Gasteiger partial charge in [0, 0.05) is 49.5 Å². The van der Waals surface area contributed by atoms with Gasteiger partial charge in [-0.1, -0.05) is 0 Å². The first-order valence-corrected chi connectivity index (χ1v) is 12.1. The molecule has 2 aromatic heterocycles. The standard InChI is InChI=1S/C19H19F3N6O3S2/c1-13-12-16(26-18-23-6-11-32-18)25-17(24-13)27-7-9-28(10-8-27)33(29,30)15-4-2-14(3-5-15)31-19(20,21)22/h2-6,11-12H,7-10H2,1H3,(H,23,24,25,26). The second-order valence-corrected chi connectivity index (χ2v) is 9.90. The van der Waals surface area contributed by atoms with Crippen LogP contribution in [-0.4, -0.2) is 60.2 Å². The first-order chi connectivity index (χ1) is 15.6. The van der Waals surface area contributed by atoms with Gasteiger partial charge in [-0.25, -0.2) is 18.4 Å². The van der Waals surface area contributed by atoms with Gasteiger partial charge in [0.05, 0.1) is 4.90 Å². The number of hydrogen-bond donors (Lipinski definition) is 1. The Bertz CT molecular complexity index is 1200. The Morgan fingerprint density at radius 3 is 2.39 bits per heavy atom. The van der Waals surface area contributed by atoms with Crippen LogP contribution in [0.5, 0.6) is 5.75 Å². The molecule has 1 saturated heterocycles. The highest BCUT2D eigenvalue weighted by atomic mass is 32.2. The van der Waals surface area contributed by atoms with Crippen molar-refractivity contribution in [1.29, 1.82) is 0 Å². The molecule has 0 unspecified atom stereocenters. The quantitative estimate of drug-likeness (QED) is 0.550. The number of aromatic nitrogens is 3. The molecule has 33 heavy (non-hydrogen) atoms. The average molecular weight is 501 g/mol. The molecule has 3 heterocycles. The fraction of sp³-hybridized carbons (Fsp3) is 0.316. The number of benzene rings is 1. The Kier molecular flexibility index (Phi) is 6.41. The summed E-state index contributed by atoms with van der Waals surface area (Å²) in [5.41, 5.74) is 0.746. The number of nitrogens with one attached hydrogen (secondary N) is 1. The molecule has 1 fully saturated rings. The highest BCUT2D eigenvalue weighted by Crippen LogP contribution is 2.26. The Morgan fingerprint density at radius 2 is 1.79 bits per heavy atom. The molecule has 0 spiro atoms. The normalized spacial score (nSPS) is 15.5.